The van der Waals surface area contributed by atoms with Crippen LogP contribution in [-0.2, 0) is 16.1 Å². The first kappa shape index (κ1) is 28.1. The highest BCUT2D eigenvalue weighted by molar-refractivity contribution is 5.76. The fourth-order valence-corrected chi connectivity index (χ4v) is 4.29. The topological polar surface area (TPSA) is 122 Å². The normalized spacial score (nSPS) is 14.7. The first-order chi connectivity index (χ1) is 19.4. The van der Waals surface area contributed by atoms with Gasteiger partial charge in [0.1, 0.15) is 17.9 Å². The van der Waals surface area contributed by atoms with Gasteiger partial charge in [0.05, 0.1) is 19.6 Å². The third-order valence-electron chi connectivity index (χ3n) is 6.70. The van der Waals surface area contributed by atoms with Gasteiger partial charge in [0.25, 0.3) is 5.89 Å². The molecule has 216 valence electrons. The molecule has 5 rings (SSSR count). The molecule has 13 heteroatoms. The Morgan fingerprint density at radius 3 is 2.56 bits per heavy atom. The number of anilines is 1. The molecule has 1 atom stereocenters. The van der Waals surface area contributed by atoms with Crippen LogP contribution in [0.4, 0.5) is 18.9 Å². The lowest BCUT2D eigenvalue weighted by atomic mass is 10.1. The first-order valence-electron chi connectivity index (χ1n) is 13.0. The van der Waals surface area contributed by atoms with E-state index in [9.17, 15) is 18.0 Å². The summed E-state index contributed by atoms with van der Waals surface area (Å²) in [6.07, 6.45) is -4.95. The Hall–Kier alpha value is -4.39. The monoisotopic (exact) mass is 570 g/mol. The highest BCUT2D eigenvalue weighted by Gasteiger charge is 2.33. The van der Waals surface area contributed by atoms with Crippen LogP contribution in [0.25, 0.3) is 23.0 Å². The number of hydrogen-bond donors (Lipinski definition) is 1. The molecule has 41 heavy (non-hydrogen) atoms. The van der Waals surface area contributed by atoms with Gasteiger partial charge in [-0.2, -0.15) is 10.1 Å². The predicted molar refractivity (Wildman–Crippen MR) is 143 cm³/mol. The Kier molecular flexibility index (Phi) is 7.72. The molecule has 3 heterocycles. The molecule has 1 fully saturated rings. The van der Waals surface area contributed by atoms with Crippen molar-refractivity contribution in [1.29, 1.82) is 0 Å². The lowest BCUT2D eigenvalue weighted by Gasteiger charge is -2.40. The zero-order chi connectivity index (χ0) is 29.3. The van der Waals surface area contributed by atoms with Crippen molar-refractivity contribution in [2.75, 3.05) is 18.0 Å². The summed E-state index contributed by atoms with van der Waals surface area (Å²) >= 11 is 0. The summed E-state index contributed by atoms with van der Waals surface area (Å²) < 4.78 is 53.8. The van der Waals surface area contributed by atoms with Crippen LogP contribution in [0.5, 0.6) is 5.75 Å². The first-order valence-corrected chi connectivity index (χ1v) is 13.0. The number of rotatable bonds is 9. The lowest BCUT2D eigenvalue weighted by molar-refractivity contribution is -0.274. The van der Waals surface area contributed by atoms with Gasteiger partial charge in [0.2, 0.25) is 5.82 Å². The summed E-state index contributed by atoms with van der Waals surface area (Å²) in [5, 5.41) is 8.55. The average molecular weight is 571 g/mol. The molecule has 0 amide bonds. The number of aromatic nitrogens is 4. The van der Waals surface area contributed by atoms with Crippen LogP contribution >= 0.6 is 0 Å². The third-order valence-corrected chi connectivity index (χ3v) is 6.70. The molecule has 0 bridgehead atoms. The molecule has 0 saturated carbocycles. The second-order valence-corrected chi connectivity index (χ2v) is 10.2. The van der Waals surface area contributed by atoms with Gasteiger partial charge in [-0.3, -0.25) is 9.48 Å². The molecule has 2 N–H and O–H groups in total. The molecule has 1 saturated heterocycles. The summed E-state index contributed by atoms with van der Waals surface area (Å²) in [7, 11) is 0. The molecular weight excluding hydrogens is 541 g/mol. The number of aryl methyl sites for hydroxylation is 1. The summed E-state index contributed by atoms with van der Waals surface area (Å²) in [6.45, 7) is 7.38. The second-order valence-electron chi connectivity index (χ2n) is 10.2. The van der Waals surface area contributed by atoms with Gasteiger partial charge < -0.3 is 24.6 Å². The molecule has 1 aliphatic rings. The van der Waals surface area contributed by atoms with E-state index in [1.165, 1.54) is 24.3 Å². The van der Waals surface area contributed by atoms with Gasteiger partial charge >= 0.3 is 12.3 Å². The zero-order valence-electron chi connectivity index (χ0n) is 22.6. The van der Waals surface area contributed by atoms with E-state index in [1.807, 2.05) is 49.7 Å². The number of esters is 1. The van der Waals surface area contributed by atoms with Crippen LogP contribution < -0.4 is 15.4 Å². The van der Waals surface area contributed by atoms with Crippen molar-refractivity contribution >= 4 is 11.7 Å². The number of benzene rings is 2. The Bertz CT molecular complexity index is 1510. The minimum atomic E-state index is -4.77. The van der Waals surface area contributed by atoms with Gasteiger partial charge in [-0.1, -0.05) is 31.1 Å². The van der Waals surface area contributed by atoms with Gasteiger partial charge in [0, 0.05) is 16.9 Å². The van der Waals surface area contributed by atoms with Crippen molar-refractivity contribution in [2.24, 2.45) is 11.7 Å². The molecular formula is C28H29F3N6O4. The Balaban J connectivity index is 1.21. The summed E-state index contributed by atoms with van der Waals surface area (Å²) in [5.41, 5.74) is 9.73. The van der Waals surface area contributed by atoms with Crippen LogP contribution in [0.15, 0.2) is 59.1 Å². The molecule has 0 unspecified atom stereocenters. The largest absolute Gasteiger partial charge is 0.573 e. The molecule has 0 spiro atoms. The number of hydrogen-bond acceptors (Lipinski definition) is 9. The Morgan fingerprint density at radius 2 is 1.88 bits per heavy atom. The summed E-state index contributed by atoms with van der Waals surface area (Å²) in [4.78, 5) is 18.6. The van der Waals surface area contributed by atoms with Crippen molar-refractivity contribution in [3.05, 3.63) is 65.9 Å². The average Bonchev–Trinajstić information content (AvgIpc) is 3.52. The van der Waals surface area contributed by atoms with E-state index < -0.39 is 12.4 Å². The fraction of sp³-hybridized carbons (Fsp3) is 0.357. The fourth-order valence-electron chi connectivity index (χ4n) is 4.29. The number of carbonyl (C=O) groups is 1. The van der Waals surface area contributed by atoms with E-state index in [1.54, 1.807) is 0 Å². The smallest absolute Gasteiger partial charge is 0.457 e. The number of nitrogens with zero attached hydrogens (tertiary/aromatic N) is 5. The molecule has 2 aromatic heterocycles. The number of halogens is 3. The number of nitrogens with two attached hydrogens (primary N) is 1. The van der Waals surface area contributed by atoms with Crippen LogP contribution in [0.2, 0.25) is 0 Å². The van der Waals surface area contributed by atoms with Crippen LogP contribution in [0, 0.1) is 12.8 Å². The third kappa shape index (κ3) is 6.68. The SMILES string of the molecule is Cc1cc(-c2nc(-c3ccc(OC(F)(F)F)cc3)no2)nn1Cc1cccc(N2CC(OC(=O)[C@H](N)C(C)C)C2)c1. The maximum Gasteiger partial charge on any atom is 0.573 e. The van der Waals surface area contributed by atoms with Crippen LogP contribution in [0.3, 0.4) is 0 Å². The number of alkyl halides is 3. The highest BCUT2D eigenvalue weighted by Crippen LogP contribution is 2.28. The molecule has 0 radical (unpaired) electrons. The Morgan fingerprint density at radius 1 is 1.15 bits per heavy atom. The van der Waals surface area contributed by atoms with E-state index in [0.717, 1.165) is 16.9 Å². The van der Waals surface area contributed by atoms with Crippen LogP contribution in [-0.4, -0.2) is 57.5 Å². The minimum Gasteiger partial charge on any atom is -0.457 e. The molecule has 2 aromatic carbocycles. The van der Waals surface area contributed by atoms with Crippen LogP contribution in [0.1, 0.15) is 25.1 Å². The number of carbonyl (C=O) groups excluding carboxylic acids is 1. The maximum atomic E-state index is 12.4. The second kappa shape index (κ2) is 11.2. The van der Waals surface area contributed by atoms with Crippen molar-refractivity contribution in [3.8, 4) is 28.7 Å². The molecule has 0 aliphatic carbocycles. The predicted octanol–water partition coefficient (Wildman–Crippen LogP) is 4.57. The lowest BCUT2D eigenvalue weighted by Crippen LogP contribution is -2.54. The summed E-state index contributed by atoms with van der Waals surface area (Å²) in [5.74, 6) is -0.295. The Labute approximate surface area is 233 Å². The van der Waals surface area contributed by atoms with Gasteiger partial charge in [-0.05, 0) is 60.9 Å². The van der Waals surface area contributed by atoms with Crippen molar-refractivity contribution in [2.45, 2.75) is 45.8 Å². The van der Waals surface area contributed by atoms with Gasteiger partial charge in [0.15, 0.2) is 5.69 Å². The maximum absolute atomic E-state index is 12.4. The molecule has 4 aromatic rings. The zero-order valence-corrected chi connectivity index (χ0v) is 22.6. The van der Waals surface area contributed by atoms with Gasteiger partial charge in [-0.15, -0.1) is 13.2 Å². The number of ether oxygens (including phenoxy) is 2. The van der Waals surface area contributed by atoms with Crippen molar-refractivity contribution in [1.82, 2.24) is 19.9 Å². The molecule has 1 aliphatic heterocycles. The van der Waals surface area contributed by atoms with Gasteiger partial charge in [-0.25, -0.2) is 0 Å². The quantitative estimate of drug-likeness (QED) is 0.289. The summed E-state index contributed by atoms with van der Waals surface area (Å²) in [6, 6.07) is 14.4. The molecule has 10 nitrogen and oxygen atoms in total. The van der Waals surface area contributed by atoms with E-state index in [4.69, 9.17) is 15.0 Å². The van der Waals surface area contributed by atoms with E-state index in [0.29, 0.717) is 30.9 Å². The highest BCUT2D eigenvalue weighted by atomic mass is 19.4. The van der Waals surface area contributed by atoms with E-state index in [2.05, 4.69) is 30.9 Å². The van der Waals surface area contributed by atoms with Crippen molar-refractivity contribution in [3.63, 3.8) is 0 Å². The minimum absolute atomic E-state index is 0.0195. The standard InChI is InChI=1S/C28H29F3N6O4/c1-16(2)24(32)27(38)39-22-14-36(15-22)20-6-4-5-18(12-20)13-37-17(3)11-23(34-37)26-33-25(35-41-26)19-7-9-21(10-8-19)40-28(29,30)31/h4-12,16,22,24H,13-15,32H2,1-3H3/t24-/m1/s1. The van der Waals surface area contributed by atoms with E-state index >= 15 is 0 Å². The van der Waals surface area contributed by atoms with Crippen molar-refractivity contribution < 1.29 is 32.0 Å². The van der Waals surface area contributed by atoms with E-state index in [-0.39, 0.29) is 35.5 Å².